The van der Waals surface area contributed by atoms with E-state index in [0.29, 0.717) is 6.61 Å². The normalized spacial score (nSPS) is 10.2. The molecule has 0 radical (unpaired) electrons. The minimum atomic E-state index is -0.182. The highest BCUT2D eigenvalue weighted by molar-refractivity contribution is 9.10. The summed E-state index contributed by atoms with van der Waals surface area (Å²) < 4.78 is 10.7. The molecule has 0 heterocycles. The van der Waals surface area contributed by atoms with Gasteiger partial charge in [0.05, 0.1) is 6.61 Å². The summed E-state index contributed by atoms with van der Waals surface area (Å²) >= 11 is 3.41. The van der Waals surface area contributed by atoms with Crippen LogP contribution in [0.4, 0.5) is 5.69 Å². The highest BCUT2D eigenvalue weighted by Gasteiger charge is 2.09. The van der Waals surface area contributed by atoms with Crippen molar-refractivity contribution in [1.29, 1.82) is 0 Å². The number of anilines is 1. The van der Waals surface area contributed by atoms with E-state index in [9.17, 15) is 4.79 Å². The first-order valence-corrected chi connectivity index (χ1v) is 5.53. The molecule has 0 fully saturated rings. The zero-order chi connectivity index (χ0) is 12.0. The van der Waals surface area contributed by atoms with Crippen molar-refractivity contribution in [3.63, 3.8) is 0 Å². The molecule has 0 saturated heterocycles. The van der Waals surface area contributed by atoms with Gasteiger partial charge in [0.1, 0.15) is 6.61 Å². The molecule has 1 N–H and O–H groups in total. The number of nitrogens with one attached hydrogen (secondary N) is 1. The maximum Gasteiger partial charge on any atom is 0.250 e. The van der Waals surface area contributed by atoms with E-state index >= 15 is 0 Å². The molecule has 1 aromatic rings. The lowest BCUT2D eigenvalue weighted by molar-refractivity contribution is -0.119. The monoisotopic (exact) mass is 287 g/mol. The van der Waals surface area contributed by atoms with Crippen LogP contribution in [0.5, 0.6) is 0 Å². The number of methoxy groups -OCH3 is 2. The number of hydrogen-bond acceptors (Lipinski definition) is 3. The van der Waals surface area contributed by atoms with Crippen molar-refractivity contribution in [3.05, 3.63) is 28.2 Å². The third-order valence-corrected chi connectivity index (χ3v) is 2.70. The molecular weight excluding hydrogens is 274 g/mol. The van der Waals surface area contributed by atoms with E-state index in [1.807, 2.05) is 18.2 Å². The number of hydrogen-bond donors (Lipinski definition) is 1. The Labute approximate surface area is 103 Å². The molecule has 0 aliphatic heterocycles. The molecule has 0 atom stereocenters. The number of carbonyl (C=O) groups is 1. The molecule has 1 amide bonds. The van der Waals surface area contributed by atoms with Crippen molar-refractivity contribution in [2.45, 2.75) is 6.61 Å². The van der Waals surface area contributed by atoms with Gasteiger partial charge in [0, 0.05) is 29.9 Å². The van der Waals surface area contributed by atoms with Crippen LogP contribution in [-0.4, -0.2) is 26.7 Å². The third kappa shape index (κ3) is 3.59. The number of amides is 1. The van der Waals surface area contributed by atoms with Gasteiger partial charge in [-0.25, -0.2) is 0 Å². The van der Waals surface area contributed by atoms with Gasteiger partial charge in [-0.15, -0.1) is 0 Å². The lowest BCUT2D eigenvalue weighted by atomic mass is 10.2. The summed E-state index contributed by atoms with van der Waals surface area (Å²) in [5.74, 6) is -0.182. The minimum absolute atomic E-state index is 0.0406. The Hall–Kier alpha value is -0.910. The Kier molecular flexibility index (Phi) is 5.45. The quantitative estimate of drug-likeness (QED) is 0.903. The molecule has 0 saturated carbocycles. The topological polar surface area (TPSA) is 47.6 Å². The zero-order valence-electron chi connectivity index (χ0n) is 9.25. The third-order valence-electron chi connectivity index (χ3n) is 1.96. The molecule has 1 aromatic carbocycles. The van der Waals surface area contributed by atoms with Crippen molar-refractivity contribution in [2.24, 2.45) is 0 Å². The maximum atomic E-state index is 11.4. The van der Waals surface area contributed by atoms with Gasteiger partial charge >= 0.3 is 0 Å². The van der Waals surface area contributed by atoms with Crippen LogP contribution in [-0.2, 0) is 20.9 Å². The highest BCUT2D eigenvalue weighted by atomic mass is 79.9. The molecule has 16 heavy (non-hydrogen) atoms. The van der Waals surface area contributed by atoms with E-state index in [1.54, 1.807) is 7.11 Å². The van der Waals surface area contributed by atoms with Crippen LogP contribution in [0.15, 0.2) is 22.7 Å². The maximum absolute atomic E-state index is 11.4. The smallest absolute Gasteiger partial charge is 0.250 e. The molecule has 0 bridgehead atoms. The van der Waals surface area contributed by atoms with Crippen molar-refractivity contribution in [1.82, 2.24) is 0 Å². The summed E-state index contributed by atoms with van der Waals surface area (Å²) in [6.07, 6.45) is 0. The zero-order valence-corrected chi connectivity index (χ0v) is 10.8. The van der Waals surface area contributed by atoms with E-state index in [0.717, 1.165) is 15.7 Å². The highest BCUT2D eigenvalue weighted by Crippen LogP contribution is 2.25. The van der Waals surface area contributed by atoms with Gasteiger partial charge in [-0.05, 0) is 12.1 Å². The largest absolute Gasteiger partial charge is 0.380 e. The Morgan fingerprint density at radius 1 is 1.38 bits per heavy atom. The number of benzene rings is 1. The van der Waals surface area contributed by atoms with E-state index in [-0.39, 0.29) is 12.5 Å². The Morgan fingerprint density at radius 3 is 2.75 bits per heavy atom. The van der Waals surface area contributed by atoms with Crippen molar-refractivity contribution in [2.75, 3.05) is 26.1 Å². The summed E-state index contributed by atoms with van der Waals surface area (Å²) in [5, 5.41) is 2.76. The van der Waals surface area contributed by atoms with Crippen LogP contribution < -0.4 is 5.32 Å². The SMILES string of the molecule is COCC(=O)Nc1cccc(Br)c1COC. The number of ether oxygens (including phenoxy) is 2. The second-order valence-corrected chi connectivity index (χ2v) is 4.03. The van der Waals surface area contributed by atoms with Gasteiger partial charge < -0.3 is 14.8 Å². The molecule has 4 nitrogen and oxygen atoms in total. The first kappa shape index (κ1) is 13.2. The summed E-state index contributed by atoms with van der Waals surface area (Å²) in [6.45, 7) is 0.475. The van der Waals surface area contributed by atoms with Crippen LogP contribution in [0.25, 0.3) is 0 Å². The van der Waals surface area contributed by atoms with E-state index < -0.39 is 0 Å². The van der Waals surface area contributed by atoms with Gasteiger partial charge in [0.2, 0.25) is 5.91 Å². The standard InChI is InChI=1S/C11H14BrNO3/c1-15-6-8-9(12)4-3-5-10(8)13-11(14)7-16-2/h3-5H,6-7H2,1-2H3,(H,13,14). The second-order valence-electron chi connectivity index (χ2n) is 3.18. The lowest BCUT2D eigenvalue weighted by Crippen LogP contribution is -2.18. The van der Waals surface area contributed by atoms with Crippen molar-refractivity contribution < 1.29 is 14.3 Å². The Balaban J connectivity index is 2.85. The fourth-order valence-electron chi connectivity index (χ4n) is 1.28. The summed E-state index contributed by atoms with van der Waals surface area (Å²) in [6, 6.07) is 5.58. The van der Waals surface area contributed by atoms with Gasteiger partial charge in [0.15, 0.2) is 0 Å². The van der Waals surface area contributed by atoms with Crippen LogP contribution in [0, 0.1) is 0 Å². The number of rotatable bonds is 5. The summed E-state index contributed by atoms with van der Waals surface area (Å²) in [7, 11) is 3.09. The molecule has 0 unspecified atom stereocenters. The molecule has 0 aliphatic rings. The van der Waals surface area contributed by atoms with Gasteiger partial charge in [-0.3, -0.25) is 4.79 Å². The van der Waals surface area contributed by atoms with E-state index in [1.165, 1.54) is 7.11 Å². The van der Waals surface area contributed by atoms with Gasteiger partial charge in [-0.1, -0.05) is 22.0 Å². The van der Waals surface area contributed by atoms with Crippen LogP contribution >= 0.6 is 15.9 Å². The minimum Gasteiger partial charge on any atom is -0.380 e. The Bertz CT molecular complexity index is 368. The molecule has 0 aliphatic carbocycles. The molecular formula is C11H14BrNO3. The summed E-state index contributed by atoms with van der Waals surface area (Å²) in [5.41, 5.74) is 1.65. The fourth-order valence-corrected chi connectivity index (χ4v) is 1.76. The molecule has 0 spiro atoms. The predicted octanol–water partition coefficient (Wildman–Crippen LogP) is 2.18. The van der Waals surface area contributed by atoms with Gasteiger partial charge in [0.25, 0.3) is 0 Å². The van der Waals surface area contributed by atoms with Crippen LogP contribution in [0.1, 0.15) is 5.56 Å². The fraction of sp³-hybridized carbons (Fsp3) is 0.364. The number of carbonyl (C=O) groups excluding carboxylic acids is 1. The molecule has 5 heteroatoms. The number of halogens is 1. The average Bonchev–Trinajstić information content (AvgIpc) is 2.23. The molecule has 88 valence electrons. The lowest BCUT2D eigenvalue weighted by Gasteiger charge is -2.11. The summed E-state index contributed by atoms with van der Waals surface area (Å²) in [4.78, 5) is 11.4. The second kappa shape index (κ2) is 6.62. The van der Waals surface area contributed by atoms with Gasteiger partial charge in [-0.2, -0.15) is 0 Å². The Morgan fingerprint density at radius 2 is 2.12 bits per heavy atom. The molecule has 1 rings (SSSR count). The van der Waals surface area contributed by atoms with Crippen LogP contribution in [0.3, 0.4) is 0 Å². The van der Waals surface area contributed by atoms with Crippen molar-refractivity contribution in [3.8, 4) is 0 Å². The average molecular weight is 288 g/mol. The first-order chi connectivity index (χ1) is 7.69. The first-order valence-electron chi connectivity index (χ1n) is 4.74. The van der Waals surface area contributed by atoms with E-state index in [2.05, 4.69) is 21.2 Å². The molecule has 0 aromatic heterocycles. The van der Waals surface area contributed by atoms with Crippen LogP contribution in [0.2, 0.25) is 0 Å². The van der Waals surface area contributed by atoms with Crippen molar-refractivity contribution >= 4 is 27.5 Å². The van der Waals surface area contributed by atoms with E-state index in [4.69, 9.17) is 9.47 Å². The predicted molar refractivity (Wildman–Crippen MR) is 65.4 cm³/mol.